The second-order valence-corrected chi connectivity index (χ2v) is 8.07. The third-order valence-electron chi connectivity index (χ3n) is 6.16. The van der Waals surface area contributed by atoms with E-state index in [4.69, 9.17) is 27.8 Å². The number of benzene rings is 3. The number of methoxy groups -OCH3 is 4. The molecule has 37 heavy (non-hydrogen) atoms. The second-order valence-electron chi connectivity index (χ2n) is 8.07. The van der Waals surface area contributed by atoms with E-state index < -0.39 is 10.9 Å². The first-order valence-electron chi connectivity index (χ1n) is 11.1. The van der Waals surface area contributed by atoms with E-state index in [9.17, 15) is 14.7 Å². The molecule has 0 amide bonds. The van der Waals surface area contributed by atoms with Crippen molar-refractivity contribution in [3.05, 3.63) is 75.4 Å². The third-order valence-corrected chi connectivity index (χ3v) is 6.16. The highest BCUT2D eigenvalue weighted by Gasteiger charge is 2.21. The zero-order valence-electron chi connectivity index (χ0n) is 20.4. The van der Waals surface area contributed by atoms with Gasteiger partial charge in [-0.2, -0.15) is 0 Å². The van der Waals surface area contributed by atoms with Crippen LogP contribution in [0.2, 0.25) is 0 Å². The molecule has 0 aliphatic rings. The largest absolute Gasteiger partial charge is 0.507 e. The Morgan fingerprint density at radius 2 is 1.11 bits per heavy atom. The zero-order valence-corrected chi connectivity index (χ0v) is 20.4. The second kappa shape index (κ2) is 9.27. The smallest absolute Gasteiger partial charge is 0.204 e. The van der Waals surface area contributed by atoms with Crippen LogP contribution in [0.25, 0.3) is 44.2 Å². The predicted octanol–water partition coefficient (Wildman–Crippen LogP) is 4.97. The van der Waals surface area contributed by atoms with Crippen LogP contribution >= 0.6 is 0 Å². The zero-order chi connectivity index (χ0) is 26.3. The van der Waals surface area contributed by atoms with Crippen molar-refractivity contribution >= 4 is 21.9 Å². The van der Waals surface area contributed by atoms with Crippen molar-refractivity contribution in [2.75, 3.05) is 28.4 Å². The summed E-state index contributed by atoms with van der Waals surface area (Å²) >= 11 is 0. The normalized spacial score (nSPS) is 11.0. The molecule has 0 aliphatic heterocycles. The van der Waals surface area contributed by atoms with E-state index in [2.05, 4.69) is 0 Å². The van der Waals surface area contributed by atoms with Crippen LogP contribution in [-0.2, 0) is 0 Å². The third kappa shape index (κ3) is 3.81. The van der Waals surface area contributed by atoms with Crippen LogP contribution in [0.1, 0.15) is 0 Å². The Morgan fingerprint density at radius 1 is 0.622 bits per heavy atom. The predicted molar refractivity (Wildman–Crippen MR) is 137 cm³/mol. The van der Waals surface area contributed by atoms with Gasteiger partial charge < -0.3 is 32.9 Å². The molecule has 3 aromatic carbocycles. The van der Waals surface area contributed by atoms with Gasteiger partial charge in [0.25, 0.3) is 0 Å². The molecule has 0 aliphatic carbocycles. The molecule has 5 aromatic rings. The van der Waals surface area contributed by atoms with E-state index in [1.165, 1.54) is 47.0 Å². The SMILES string of the molecule is COc1ccc(-c2coc3c(c(O)cc4occ(-c5ccc(OC)c(OC)c5)c(=O)c43)c2=O)cc1OC. The molecule has 188 valence electrons. The van der Waals surface area contributed by atoms with E-state index in [1.807, 2.05) is 0 Å². The minimum absolute atomic E-state index is 0.0241. The molecule has 0 fully saturated rings. The lowest BCUT2D eigenvalue weighted by Crippen LogP contribution is -2.10. The summed E-state index contributed by atoms with van der Waals surface area (Å²) in [6, 6.07) is 11.2. The summed E-state index contributed by atoms with van der Waals surface area (Å²) < 4.78 is 32.7. The Balaban J connectivity index is 1.76. The van der Waals surface area contributed by atoms with Crippen molar-refractivity contribution in [2.45, 2.75) is 0 Å². The van der Waals surface area contributed by atoms with Crippen molar-refractivity contribution in [3.63, 3.8) is 0 Å². The average Bonchev–Trinajstić information content (AvgIpc) is 2.92. The van der Waals surface area contributed by atoms with E-state index in [0.29, 0.717) is 34.1 Å². The number of ether oxygens (including phenoxy) is 4. The number of aromatic hydroxyl groups is 1. The topological polar surface area (TPSA) is 118 Å². The molecule has 0 spiro atoms. The Kier molecular flexibility index (Phi) is 5.96. The van der Waals surface area contributed by atoms with Gasteiger partial charge in [0.1, 0.15) is 34.6 Å². The number of fused-ring (bicyclic) bond motifs is 3. The summed E-state index contributed by atoms with van der Waals surface area (Å²) in [4.78, 5) is 27.1. The van der Waals surface area contributed by atoms with Gasteiger partial charge in [-0.3, -0.25) is 9.59 Å². The lowest BCUT2D eigenvalue weighted by Gasteiger charge is -2.11. The van der Waals surface area contributed by atoms with Crippen LogP contribution in [0, 0.1) is 0 Å². The lowest BCUT2D eigenvalue weighted by molar-refractivity contribution is 0.355. The fourth-order valence-electron chi connectivity index (χ4n) is 4.29. The standard InChI is InChI=1S/C28H22O9/c1-32-19-7-5-14(9-21(19)34-3)16-12-36-23-11-18(29)24-26(30)17(13-37-28(24)25(23)27(16)31)15-6-8-20(33-2)22(10-15)35-4/h5-13,29H,1-4H3. The number of phenols is 1. The number of phenolic OH excluding ortho intramolecular Hbond substituents is 1. The quantitative estimate of drug-likeness (QED) is 0.321. The van der Waals surface area contributed by atoms with Gasteiger partial charge in [-0.25, -0.2) is 0 Å². The highest BCUT2D eigenvalue weighted by molar-refractivity contribution is 6.06. The van der Waals surface area contributed by atoms with Crippen LogP contribution < -0.4 is 29.8 Å². The molecular weight excluding hydrogens is 480 g/mol. The number of hydrogen-bond acceptors (Lipinski definition) is 9. The fraction of sp³-hybridized carbons (Fsp3) is 0.143. The van der Waals surface area contributed by atoms with E-state index in [1.54, 1.807) is 36.4 Å². The van der Waals surface area contributed by atoms with Crippen LogP contribution in [0.3, 0.4) is 0 Å². The molecular formula is C28H22O9. The Hall–Kier alpha value is -4.92. The van der Waals surface area contributed by atoms with Crippen molar-refractivity contribution in [2.24, 2.45) is 0 Å². The molecule has 9 heteroatoms. The number of hydrogen-bond donors (Lipinski definition) is 1. The maximum atomic E-state index is 13.6. The summed E-state index contributed by atoms with van der Waals surface area (Å²) in [6.45, 7) is 0. The minimum Gasteiger partial charge on any atom is -0.507 e. The summed E-state index contributed by atoms with van der Waals surface area (Å²) in [7, 11) is 5.99. The Morgan fingerprint density at radius 3 is 1.62 bits per heavy atom. The molecule has 0 radical (unpaired) electrons. The molecule has 0 saturated carbocycles. The molecule has 0 bridgehead atoms. The van der Waals surface area contributed by atoms with Gasteiger partial charge in [-0.1, -0.05) is 12.1 Å². The van der Waals surface area contributed by atoms with Gasteiger partial charge in [0, 0.05) is 6.07 Å². The van der Waals surface area contributed by atoms with Crippen LogP contribution in [-0.4, -0.2) is 33.5 Å². The first-order chi connectivity index (χ1) is 17.9. The van der Waals surface area contributed by atoms with Gasteiger partial charge in [0.05, 0.1) is 39.6 Å². The van der Waals surface area contributed by atoms with Crippen LogP contribution in [0.5, 0.6) is 28.7 Å². The van der Waals surface area contributed by atoms with Crippen molar-refractivity contribution < 1.29 is 32.9 Å². The Labute approximate surface area is 210 Å². The minimum atomic E-state index is -0.524. The van der Waals surface area contributed by atoms with Gasteiger partial charge >= 0.3 is 0 Å². The first kappa shape index (κ1) is 23.8. The molecule has 1 N–H and O–H groups in total. The van der Waals surface area contributed by atoms with E-state index >= 15 is 0 Å². The van der Waals surface area contributed by atoms with Gasteiger partial charge in [-0.15, -0.1) is 0 Å². The summed E-state index contributed by atoms with van der Waals surface area (Å²) in [5.41, 5.74) is 0.402. The van der Waals surface area contributed by atoms with Crippen LogP contribution in [0.4, 0.5) is 0 Å². The summed E-state index contributed by atoms with van der Waals surface area (Å²) in [5.74, 6) is 1.47. The summed E-state index contributed by atoms with van der Waals surface area (Å²) in [6.07, 6.45) is 2.53. The van der Waals surface area contributed by atoms with E-state index in [0.717, 1.165) is 0 Å². The van der Waals surface area contributed by atoms with Crippen molar-refractivity contribution in [3.8, 4) is 51.0 Å². The van der Waals surface area contributed by atoms with Gasteiger partial charge in [-0.05, 0) is 35.4 Å². The van der Waals surface area contributed by atoms with E-state index in [-0.39, 0.29) is 38.8 Å². The molecule has 5 rings (SSSR count). The highest BCUT2D eigenvalue weighted by Crippen LogP contribution is 2.36. The molecule has 0 saturated heterocycles. The van der Waals surface area contributed by atoms with Crippen LogP contribution in [0.15, 0.2) is 73.4 Å². The van der Waals surface area contributed by atoms with Crippen molar-refractivity contribution in [1.29, 1.82) is 0 Å². The Bertz CT molecular complexity index is 1780. The molecule has 2 aromatic heterocycles. The lowest BCUT2D eigenvalue weighted by atomic mass is 10.0. The van der Waals surface area contributed by atoms with Crippen molar-refractivity contribution in [1.82, 2.24) is 0 Å². The maximum Gasteiger partial charge on any atom is 0.204 e. The first-order valence-corrected chi connectivity index (χ1v) is 11.1. The van der Waals surface area contributed by atoms with Gasteiger partial charge in [0.2, 0.25) is 10.9 Å². The average molecular weight is 502 g/mol. The number of rotatable bonds is 6. The summed E-state index contributed by atoms with van der Waals surface area (Å²) in [5, 5.41) is 10.6. The fourth-order valence-corrected chi connectivity index (χ4v) is 4.29. The molecule has 0 unspecified atom stereocenters. The molecule has 9 nitrogen and oxygen atoms in total. The maximum absolute atomic E-state index is 13.6. The molecule has 0 atom stereocenters. The monoisotopic (exact) mass is 502 g/mol. The molecule has 2 heterocycles. The van der Waals surface area contributed by atoms with Gasteiger partial charge in [0.15, 0.2) is 28.6 Å². The highest BCUT2D eigenvalue weighted by atomic mass is 16.5.